The van der Waals surface area contributed by atoms with Crippen LogP contribution in [0.3, 0.4) is 0 Å². The topological polar surface area (TPSA) is 41.1 Å². The standard InChI is InChI=1S/C25H30N2O/c1-16(2)13-17-9-11-18(12-10-17)24-23-21(14-25(3,4)15-22(23)28)26-19-7-5-6-8-20(19)27-24/h5-12,16,24,26-27H,13-15H2,1-4H3. The van der Waals surface area contributed by atoms with E-state index in [9.17, 15) is 4.79 Å². The van der Waals surface area contributed by atoms with Crippen LogP contribution in [0, 0.1) is 11.3 Å². The average Bonchev–Trinajstić information content (AvgIpc) is 2.77. The van der Waals surface area contributed by atoms with E-state index < -0.39 is 0 Å². The van der Waals surface area contributed by atoms with Crippen LogP contribution in [-0.2, 0) is 11.2 Å². The van der Waals surface area contributed by atoms with Gasteiger partial charge in [-0.1, -0.05) is 64.1 Å². The molecule has 2 N–H and O–H groups in total. The molecule has 1 aliphatic carbocycles. The van der Waals surface area contributed by atoms with E-state index >= 15 is 0 Å². The Bertz CT molecular complexity index is 922. The molecule has 0 spiro atoms. The van der Waals surface area contributed by atoms with Crippen LogP contribution in [-0.4, -0.2) is 5.78 Å². The van der Waals surface area contributed by atoms with Crippen LogP contribution in [0.5, 0.6) is 0 Å². The van der Waals surface area contributed by atoms with Crippen molar-refractivity contribution in [3.63, 3.8) is 0 Å². The summed E-state index contributed by atoms with van der Waals surface area (Å²) in [6, 6.07) is 16.9. The summed E-state index contributed by atoms with van der Waals surface area (Å²) in [5.41, 5.74) is 6.51. The molecule has 1 atom stereocenters. The quantitative estimate of drug-likeness (QED) is 0.681. The largest absolute Gasteiger partial charge is 0.372 e. The first-order valence-electron chi connectivity index (χ1n) is 10.3. The molecular formula is C25H30N2O. The maximum Gasteiger partial charge on any atom is 0.163 e. The van der Waals surface area contributed by atoms with Crippen LogP contribution >= 0.6 is 0 Å². The van der Waals surface area contributed by atoms with Crippen molar-refractivity contribution < 1.29 is 4.79 Å². The lowest BCUT2D eigenvalue weighted by molar-refractivity contribution is -0.118. The third-order valence-corrected chi connectivity index (χ3v) is 5.68. The molecule has 0 radical (unpaired) electrons. The first-order valence-corrected chi connectivity index (χ1v) is 10.3. The second kappa shape index (κ2) is 7.12. The molecule has 28 heavy (non-hydrogen) atoms. The molecule has 0 aromatic heterocycles. The molecule has 1 aliphatic heterocycles. The Morgan fingerprint density at radius 1 is 1.00 bits per heavy atom. The summed E-state index contributed by atoms with van der Waals surface area (Å²) >= 11 is 0. The van der Waals surface area contributed by atoms with E-state index in [1.54, 1.807) is 0 Å². The van der Waals surface area contributed by atoms with E-state index in [0.29, 0.717) is 12.3 Å². The Labute approximate surface area is 168 Å². The fourth-order valence-electron chi connectivity index (χ4n) is 4.46. The summed E-state index contributed by atoms with van der Waals surface area (Å²) in [5.74, 6) is 0.879. The summed E-state index contributed by atoms with van der Waals surface area (Å²) in [6.45, 7) is 8.83. The van der Waals surface area contributed by atoms with Gasteiger partial charge in [0, 0.05) is 17.7 Å². The van der Waals surface area contributed by atoms with E-state index in [4.69, 9.17) is 0 Å². The normalized spacial score (nSPS) is 20.8. The van der Waals surface area contributed by atoms with Gasteiger partial charge in [-0.05, 0) is 47.4 Å². The van der Waals surface area contributed by atoms with Gasteiger partial charge in [0.25, 0.3) is 0 Å². The Kier molecular flexibility index (Phi) is 4.78. The third kappa shape index (κ3) is 3.71. The number of rotatable bonds is 3. The van der Waals surface area contributed by atoms with E-state index in [0.717, 1.165) is 41.1 Å². The van der Waals surface area contributed by atoms with Gasteiger partial charge in [0.15, 0.2) is 5.78 Å². The molecular weight excluding hydrogens is 344 g/mol. The summed E-state index contributed by atoms with van der Waals surface area (Å²) in [7, 11) is 0. The second-order valence-electron chi connectivity index (χ2n) is 9.42. The molecule has 0 saturated carbocycles. The van der Waals surface area contributed by atoms with Gasteiger partial charge in [0.1, 0.15) is 0 Å². The monoisotopic (exact) mass is 374 g/mol. The summed E-state index contributed by atoms with van der Waals surface area (Å²) < 4.78 is 0. The molecule has 1 unspecified atom stereocenters. The van der Waals surface area contributed by atoms with Crippen molar-refractivity contribution in [1.82, 2.24) is 0 Å². The number of Topliss-reactive ketones (excluding diaryl/α,β-unsaturated/α-hetero) is 1. The van der Waals surface area contributed by atoms with Crippen LogP contribution in [0.15, 0.2) is 59.8 Å². The van der Waals surface area contributed by atoms with Crippen LogP contribution in [0.4, 0.5) is 11.4 Å². The predicted molar refractivity (Wildman–Crippen MR) is 116 cm³/mol. The lowest BCUT2D eigenvalue weighted by Crippen LogP contribution is -2.31. The minimum Gasteiger partial charge on any atom is -0.372 e. The Morgan fingerprint density at radius 3 is 2.36 bits per heavy atom. The van der Waals surface area contributed by atoms with Gasteiger partial charge >= 0.3 is 0 Å². The molecule has 1 heterocycles. The number of allylic oxidation sites excluding steroid dienone is 1. The average molecular weight is 375 g/mol. The molecule has 0 fully saturated rings. The zero-order valence-corrected chi connectivity index (χ0v) is 17.3. The van der Waals surface area contributed by atoms with Crippen molar-refractivity contribution in [3.8, 4) is 0 Å². The highest BCUT2D eigenvalue weighted by atomic mass is 16.1. The van der Waals surface area contributed by atoms with E-state index in [1.165, 1.54) is 5.56 Å². The highest BCUT2D eigenvalue weighted by Crippen LogP contribution is 2.45. The van der Waals surface area contributed by atoms with Crippen LogP contribution < -0.4 is 10.6 Å². The molecule has 2 aromatic carbocycles. The lowest BCUT2D eigenvalue weighted by Gasteiger charge is -2.34. The predicted octanol–water partition coefficient (Wildman–Crippen LogP) is 6.11. The number of para-hydroxylation sites is 2. The van der Waals surface area contributed by atoms with E-state index in [2.05, 4.69) is 74.7 Å². The van der Waals surface area contributed by atoms with E-state index in [-0.39, 0.29) is 17.2 Å². The fourth-order valence-corrected chi connectivity index (χ4v) is 4.46. The number of nitrogens with one attached hydrogen (secondary N) is 2. The van der Waals surface area contributed by atoms with Crippen molar-refractivity contribution in [2.75, 3.05) is 10.6 Å². The van der Waals surface area contributed by atoms with Crippen molar-refractivity contribution in [3.05, 3.63) is 70.9 Å². The third-order valence-electron chi connectivity index (χ3n) is 5.68. The smallest absolute Gasteiger partial charge is 0.163 e. The zero-order valence-electron chi connectivity index (χ0n) is 17.3. The SMILES string of the molecule is CC(C)Cc1ccc(C2Nc3ccccc3NC3=C2C(=O)CC(C)(C)C3)cc1. The molecule has 2 aromatic rings. The van der Waals surface area contributed by atoms with Crippen molar-refractivity contribution >= 4 is 17.2 Å². The number of ketones is 1. The summed E-state index contributed by atoms with van der Waals surface area (Å²) in [6.07, 6.45) is 2.54. The van der Waals surface area contributed by atoms with Crippen molar-refractivity contribution in [2.24, 2.45) is 11.3 Å². The molecule has 4 rings (SSSR count). The number of benzene rings is 2. The van der Waals surface area contributed by atoms with Gasteiger partial charge in [0.05, 0.1) is 17.4 Å². The molecule has 3 nitrogen and oxygen atoms in total. The van der Waals surface area contributed by atoms with Gasteiger partial charge in [-0.15, -0.1) is 0 Å². The van der Waals surface area contributed by atoms with E-state index in [1.807, 2.05) is 12.1 Å². The highest BCUT2D eigenvalue weighted by Gasteiger charge is 2.38. The number of fused-ring (bicyclic) bond motifs is 1. The minimum atomic E-state index is -0.122. The molecule has 3 heteroatoms. The number of carbonyl (C=O) groups excluding carboxylic acids is 1. The molecule has 0 saturated heterocycles. The molecule has 0 bridgehead atoms. The maximum atomic E-state index is 13.2. The zero-order chi connectivity index (χ0) is 19.9. The Hall–Kier alpha value is -2.55. The number of anilines is 2. The lowest BCUT2D eigenvalue weighted by atomic mass is 9.73. The summed E-state index contributed by atoms with van der Waals surface area (Å²) in [4.78, 5) is 13.2. The Morgan fingerprint density at radius 2 is 1.68 bits per heavy atom. The molecule has 2 aliphatic rings. The van der Waals surface area contributed by atoms with Crippen molar-refractivity contribution in [1.29, 1.82) is 0 Å². The van der Waals surface area contributed by atoms with Crippen LogP contribution in [0.2, 0.25) is 0 Å². The number of hydrogen-bond donors (Lipinski definition) is 2. The van der Waals surface area contributed by atoms with Gasteiger partial charge in [-0.2, -0.15) is 0 Å². The fraction of sp³-hybridized carbons (Fsp3) is 0.400. The first kappa shape index (κ1) is 18.8. The maximum absolute atomic E-state index is 13.2. The van der Waals surface area contributed by atoms with Crippen molar-refractivity contribution in [2.45, 2.75) is 53.0 Å². The van der Waals surface area contributed by atoms with Gasteiger partial charge in [-0.25, -0.2) is 0 Å². The molecule has 0 amide bonds. The van der Waals surface area contributed by atoms with Crippen LogP contribution in [0.25, 0.3) is 0 Å². The van der Waals surface area contributed by atoms with Gasteiger partial charge in [-0.3, -0.25) is 4.79 Å². The highest BCUT2D eigenvalue weighted by molar-refractivity contribution is 6.01. The first-order chi connectivity index (χ1) is 13.3. The molecule has 146 valence electrons. The number of hydrogen-bond acceptors (Lipinski definition) is 3. The minimum absolute atomic E-state index is 0.0200. The van der Waals surface area contributed by atoms with Gasteiger partial charge in [0.2, 0.25) is 0 Å². The summed E-state index contributed by atoms with van der Waals surface area (Å²) in [5, 5.41) is 7.23. The van der Waals surface area contributed by atoms with Gasteiger partial charge < -0.3 is 10.6 Å². The number of carbonyl (C=O) groups is 1. The second-order valence-corrected chi connectivity index (χ2v) is 9.42. The Balaban J connectivity index is 1.78. The van der Waals surface area contributed by atoms with Crippen LogP contribution in [0.1, 0.15) is 57.7 Å².